The van der Waals surface area contributed by atoms with Crippen LogP contribution in [0.25, 0.3) is 15.3 Å². The standard InChI is InChI=1S/C21H19ClN2O4S/c1-3-4-5-14-17(18(25)15-9-6-11(2)28-15)19(26)20(27)24(14)21-23-13-8-7-12(22)10-16(13)29-21/h6-10,26-27H,3-5H2,1-2H3. The van der Waals surface area contributed by atoms with Crippen molar-refractivity contribution in [1.29, 1.82) is 0 Å². The molecule has 0 radical (unpaired) electrons. The van der Waals surface area contributed by atoms with Gasteiger partial charge in [0.05, 0.1) is 15.8 Å². The second kappa shape index (κ2) is 7.57. The van der Waals surface area contributed by atoms with E-state index in [1.54, 1.807) is 37.3 Å². The third-order valence-electron chi connectivity index (χ3n) is 4.71. The van der Waals surface area contributed by atoms with Gasteiger partial charge in [0, 0.05) is 10.7 Å². The van der Waals surface area contributed by atoms with E-state index in [0.29, 0.717) is 28.0 Å². The molecule has 0 spiro atoms. The highest BCUT2D eigenvalue weighted by Gasteiger charge is 2.31. The van der Waals surface area contributed by atoms with Crippen LogP contribution in [0.5, 0.6) is 11.6 Å². The van der Waals surface area contributed by atoms with Crippen LogP contribution in [0, 0.1) is 6.92 Å². The van der Waals surface area contributed by atoms with Crippen LogP contribution in [0.4, 0.5) is 0 Å². The van der Waals surface area contributed by atoms with Gasteiger partial charge in [0.25, 0.3) is 0 Å². The van der Waals surface area contributed by atoms with Crippen molar-refractivity contribution in [2.24, 2.45) is 0 Å². The minimum atomic E-state index is -0.472. The van der Waals surface area contributed by atoms with Crippen LogP contribution in [0.15, 0.2) is 34.7 Å². The molecule has 4 rings (SSSR count). The molecule has 2 N–H and O–H groups in total. The van der Waals surface area contributed by atoms with Crippen LogP contribution >= 0.6 is 22.9 Å². The summed E-state index contributed by atoms with van der Waals surface area (Å²) in [4.78, 5) is 17.6. The molecule has 0 aliphatic heterocycles. The number of ketones is 1. The molecule has 1 aromatic carbocycles. The number of fused-ring (bicyclic) bond motifs is 1. The molecule has 3 heterocycles. The molecule has 0 atom stereocenters. The maximum atomic E-state index is 13.1. The molecule has 4 aromatic rings. The van der Waals surface area contributed by atoms with E-state index in [9.17, 15) is 15.0 Å². The van der Waals surface area contributed by atoms with E-state index in [4.69, 9.17) is 16.0 Å². The van der Waals surface area contributed by atoms with Crippen molar-refractivity contribution in [3.05, 3.63) is 58.1 Å². The van der Waals surface area contributed by atoms with Crippen LogP contribution in [0.2, 0.25) is 5.02 Å². The first kappa shape index (κ1) is 19.5. The molecule has 29 heavy (non-hydrogen) atoms. The van der Waals surface area contributed by atoms with E-state index in [-0.39, 0.29) is 11.3 Å². The summed E-state index contributed by atoms with van der Waals surface area (Å²) in [5.41, 5.74) is 1.27. The number of carbonyl (C=O) groups is 1. The molecule has 0 bridgehead atoms. The minimum Gasteiger partial charge on any atom is -0.503 e. The molecule has 0 amide bonds. The molecule has 0 saturated heterocycles. The summed E-state index contributed by atoms with van der Waals surface area (Å²) in [6.07, 6.45) is 2.15. The largest absolute Gasteiger partial charge is 0.503 e. The Kier molecular flexibility index (Phi) is 5.10. The Bertz CT molecular complexity index is 1220. The maximum Gasteiger partial charge on any atom is 0.242 e. The first-order valence-electron chi connectivity index (χ1n) is 9.23. The van der Waals surface area contributed by atoms with Gasteiger partial charge in [0.15, 0.2) is 16.6 Å². The van der Waals surface area contributed by atoms with Crippen LogP contribution < -0.4 is 0 Å². The third kappa shape index (κ3) is 3.41. The monoisotopic (exact) mass is 430 g/mol. The Morgan fingerprint density at radius 2 is 2.07 bits per heavy atom. The number of hydrogen-bond donors (Lipinski definition) is 2. The van der Waals surface area contributed by atoms with Gasteiger partial charge in [-0.2, -0.15) is 0 Å². The van der Waals surface area contributed by atoms with E-state index >= 15 is 0 Å². The number of nitrogens with zero attached hydrogens (tertiary/aromatic N) is 2. The molecule has 8 heteroatoms. The average Bonchev–Trinajstić information content (AvgIpc) is 3.36. The van der Waals surface area contributed by atoms with Gasteiger partial charge < -0.3 is 14.6 Å². The number of hydrogen-bond acceptors (Lipinski definition) is 6. The number of aromatic nitrogens is 2. The van der Waals surface area contributed by atoms with Gasteiger partial charge in [-0.3, -0.25) is 9.36 Å². The molecular formula is C21H19ClN2O4S. The lowest BCUT2D eigenvalue weighted by Gasteiger charge is -2.08. The van der Waals surface area contributed by atoms with Crippen LogP contribution in [0.1, 0.15) is 47.3 Å². The summed E-state index contributed by atoms with van der Waals surface area (Å²) >= 11 is 7.39. The zero-order valence-corrected chi connectivity index (χ0v) is 17.5. The molecular weight excluding hydrogens is 412 g/mol. The Labute approximate surface area is 176 Å². The zero-order chi connectivity index (χ0) is 20.7. The number of aryl methyl sites for hydroxylation is 1. The van der Waals surface area contributed by atoms with E-state index in [1.165, 1.54) is 15.9 Å². The predicted molar refractivity (Wildman–Crippen MR) is 113 cm³/mol. The van der Waals surface area contributed by atoms with Crippen molar-refractivity contribution < 1.29 is 19.4 Å². The highest BCUT2D eigenvalue weighted by atomic mass is 35.5. The molecule has 3 aromatic heterocycles. The molecule has 6 nitrogen and oxygen atoms in total. The number of benzene rings is 1. The summed E-state index contributed by atoms with van der Waals surface area (Å²) in [5.74, 6) is -0.640. The summed E-state index contributed by atoms with van der Waals surface area (Å²) in [5, 5.41) is 22.4. The van der Waals surface area contributed by atoms with Crippen molar-refractivity contribution in [1.82, 2.24) is 9.55 Å². The third-order valence-corrected chi connectivity index (χ3v) is 5.95. The Balaban J connectivity index is 1.91. The van der Waals surface area contributed by atoms with Crippen molar-refractivity contribution in [2.45, 2.75) is 33.1 Å². The second-order valence-electron chi connectivity index (χ2n) is 6.78. The van der Waals surface area contributed by atoms with Crippen LogP contribution in [-0.2, 0) is 6.42 Å². The summed E-state index contributed by atoms with van der Waals surface area (Å²) in [6.45, 7) is 3.77. The number of unbranched alkanes of at least 4 members (excludes halogenated alkanes) is 1. The van der Waals surface area contributed by atoms with Crippen molar-refractivity contribution >= 4 is 38.9 Å². The van der Waals surface area contributed by atoms with Gasteiger partial charge in [-0.15, -0.1) is 0 Å². The number of thiazole rings is 1. The van der Waals surface area contributed by atoms with E-state index in [0.717, 1.165) is 23.1 Å². The fraction of sp³-hybridized carbons (Fsp3) is 0.238. The van der Waals surface area contributed by atoms with Crippen molar-refractivity contribution in [3.8, 4) is 16.8 Å². The Morgan fingerprint density at radius 1 is 1.28 bits per heavy atom. The number of furan rings is 1. The molecule has 0 fully saturated rings. The smallest absolute Gasteiger partial charge is 0.242 e. The summed E-state index contributed by atoms with van der Waals surface area (Å²) in [6, 6.07) is 8.58. The second-order valence-corrected chi connectivity index (χ2v) is 8.23. The van der Waals surface area contributed by atoms with Crippen LogP contribution in [-0.4, -0.2) is 25.5 Å². The molecule has 0 aliphatic rings. The van der Waals surface area contributed by atoms with Crippen molar-refractivity contribution in [2.75, 3.05) is 0 Å². The molecule has 0 aliphatic carbocycles. The Morgan fingerprint density at radius 3 is 2.76 bits per heavy atom. The van der Waals surface area contributed by atoms with Gasteiger partial charge in [0.1, 0.15) is 5.76 Å². The normalized spacial score (nSPS) is 11.4. The Hall–Kier alpha value is -2.77. The summed E-state index contributed by atoms with van der Waals surface area (Å²) in [7, 11) is 0. The van der Waals surface area contributed by atoms with Gasteiger partial charge >= 0.3 is 0 Å². The lowest BCUT2D eigenvalue weighted by atomic mass is 10.0. The minimum absolute atomic E-state index is 0.0441. The zero-order valence-electron chi connectivity index (χ0n) is 15.9. The fourth-order valence-corrected chi connectivity index (χ4v) is 4.55. The number of halogens is 1. The lowest BCUT2D eigenvalue weighted by Crippen LogP contribution is -2.07. The first-order chi connectivity index (χ1) is 13.9. The van der Waals surface area contributed by atoms with Gasteiger partial charge in [-0.1, -0.05) is 36.3 Å². The average molecular weight is 431 g/mol. The lowest BCUT2D eigenvalue weighted by molar-refractivity contribution is 0.100. The van der Waals surface area contributed by atoms with Crippen molar-refractivity contribution in [3.63, 3.8) is 0 Å². The van der Waals surface area contributed by atoms with Crippen LogP contribution in [0.3, 0.4) is 0 Å². The van der Waals surface area contributed by atoms with Gasteiger partial charge in [-0.25, -0.2) is 4.98 Å². The number of carbonyl (C=O) groups excluding carboxylic acids is 1. The van der Waals surface area contributed by atoms with E-state index in [1.807, 2.05) is 6.92 Å². The predicted octanol–water partition coefficient (Wildman–Crippen LogP) is 5.63. The van der Waals surface area contributed by atoms with E-state index in [2.05, 4.69) is 4.98 Å². The highest BCUT2D eigenvalue weighted by Crippen LogP contribution is 2.41. The molecule has 0 unspecified atom stereocenters. The van der Waals surface area contributed by atoms with E-state index < -0.39 is 17.4 Å². The number of aromatic hydroxyl groups is 2. The number of rotatable bonds is 6. The van der Waals surface area contributed by atoms with Gasteiger partial charge in [-0.05, 0) is 50.1 Å². The van der Waals surface area contributed by atoms with Gasteiger partial charge in [0.2, 0.25) is 11.7 Å². The maximum absolute atomic E-state index is 13.1. The SMILES string of the molecule is CCCCc1c(C(=O)c2ccc(C)o2)c(O)c(O)n1-c1nc2ccc(Cl)cc2s1. The topological polar surface area (TPSA) is 88.5 Å². The quantitative estimate of drug-likeness (QED) is 0.387. The first-order valence-corrected chi connectivity index (χ1v) is 10.4. The fourth-order valence-electron chi connectivity index (χ4n) is 3.28. The highest BCUT2D eigenvalue weighted by molar-refractivity contribution is 7.20. The molecule has 150 valence electrons. The molecule has 0 saturated carbocycles. The summed E-state index contributed by atoms with van der Waals surface area (Å²) < 4.78 is 7.75.